The summed E-state index contributed by atoms with van der Waals surface area (Å²) in [7, 11) is 0. The third-order valence-corrected chi connectivity index (χ3v) is 3.62. The second-order valence-electron chi connectivity index (χ2n) is 3.19. The van der Waals surface area contributed by atoms with Gasteiger partial charge in [-0.25, -0.2) is 9.97 Å². The highest BCUT2D eigenvalue weighted by Crippen LogP contribution is 2.29. The molecule has 2 aromatic heterocycles. The van der Waals surface area contributed by atoms with Crippen molar-refractivity contribution in [1.82, 2.24) is 9.97 Å². The van der Waals surface area contributed by atoms with Crippen molar-refractivity contribution in [3.63, 3.8) is 0 Å². The van der Waals surface area contributed by atoms with E-state index in [0.29, 0.717) is 0 Å². The van der Waals surface area contributed by atoms with Crippen molar-refractivity contribution in [3.8, 4) is 6.07 Å². The largest absolute Gasteiger partial charge is 0.238 e. The maximum atomic E-state index is 8.96. The second kappa shape index (κ2) is 4.13. The zero-order valence-corrected chi connectivity index (χ0v) is 9.64. The number of alkyl halides is 1. The lowest BCUT2D eigenvalue weighted by Crippen LogP contribution is -2.01. The number of nitrogens with zero attached hydrogens (tertiary/aromatic N) is 3. The van der Waals surface area contributed by atoms with E-state index in [1.165, 1.54) is 6.33 Å². The van der Waals surface area contributed by atoms with Crippen LogP contribution in [0.5, 0.6) is 0 Å². The van der Waals surface area contributed by atoms with Gasteiger partial charge in [-0.15, -0.1) is 22.9 Å². The number of aryl methyl sites for hydroxylation is 1. The average Bonchev–Trinajstić information content (AvgIpc) is 2.64. The van der Waals surface area contributed by atoms with Crippen LogP contribution < -0.4 is 0 Å². The molecule has 1 atom stereocenters. The Hall–Kier alpha value is -1.18. The number of aromatic nitrogens is 2. The molecule has 0 aliphatic rings. The Bertz CT molecular complexity index is 529. The summed E-state index contributed by atoms with van der Waals surface area (Å²) < 4.78 is 0.974. The van der Waals surface area contributed by atoms with Crippen LogP contribution in [0.1, 0.15) is 17.2 Å². The van der Waals surface area contributed by atoms with Crippen LogP contribution in [-0.2, 0) is 0 Å². The number of thiophene rings is 1. The zero-order chi connectivity index (χ0) is 10.8. The van der Waals surface area contributed by atoms with Crippen molar-refractivity contribution in [1.29, 1.82) is 5.26 Å². The third-order valence-electron chi connectivity index (χ3n) is 2.20. The van der Waals surface area contributed by atoms with Gasteiger partial charge >= 0.3 is 0 Å². The first-order chi connectivity index (χ1) is 7.27. The molecule has 0 bridgehead atoms. The van der Waals surface area contributed by atoms with Crippen LogP contribution in [0.25, 0.3) is 10.2 Å². The van der Waals surface area contributed by atoms with Crippen LogP contribution in [0.2, 0.25) is 0 Å². The summed E-state index contributed by atoms with van der Waals surface area (Å²) >= 11 is 7.30. The van der Waals surface area contributed by atoms with Crippen LogP contribution in [0.4, 0.5) is 0 Å². The predicted molar refractivity (Wildman–Crippen MR) is 61.2 cm³/mol. The molecular weight excluding hydrogens is 230 g/mol. The molecule has 0 spiro atoms. The lowest BCUT2D eigenvalue weighted by Gasteiger charge is -2.04. The second-order valence-corrected chi connectivity index (χ2v) is 4.38. The maximum Gasteiger partial charge on any atom is 0.116 e. The Balaban J connectivity index is 2.66. The van der Waals surface area contributed by atoms with Gasteiger partial charge in [-0.05, 0) is 17.9 Å². The van der Waals surface area contributed by atoms with E-state index in [0.717, 1.165) is 21.5 Å². The summed E-state index contributed by atoms with van der Waals surface area (Å²) in [5.41, 5.74) is 2.79. The monoisotopic (exact) mass is 237 g/mol. The highest BCUT2D eigenvalue weighted by atomic mass is 35.5. The molecule has 2 rings (SSSR count). The van der Waals surface area contributed by atoms with Crippen molar-refractivity contribution in [2.75, 3.05) is 5.88 Å². The third kappa shape index (κ3) is 1.69. The molecule has 1 unspecified atom stereocenters. The molecule has 76 valence electrons. The minimum atomic E-state index is -0.352. The fourth-order valence-corrected chi connectivity index (χ4v) is 2.67. The lowest BCUT2D eigenvalue weighted by molar-refractivity contribution is 0.934. The summed E-state index contributed by atoms with van der Waals surface area (Å²) in [5.74, 6) is -0.0882. The van der Waals surface area contributed by atoms with Gasteiger partial charge in [0.05, 0.1) is 22.0 Å². The van der Waals surface area contributed by atoms with Gasteiger partial charge in [-0.1, -0.05) is 0 Å². The molecule has 0 saturated heterocycles. The van der Waals surface area contributed by atoms with Crippen molar-refractivity contribution in [2.45, 2.75) is 12.8 Å². The van der Waals surface area contributed by atoms with E-state index in [-0.39, 0.29) is 11.8 Å². The van der Waals surface area contributed by atoms with Crippen LogP contribution >= 0.6 is 22.9 Å². The summed E-state index contributed by atoms with van der Waals surface area (Å²) in [5, 5.41) is 11.0. The van der Waals surface area contributed by atoms with Gasteiger partial charge in [0, 0.05) is 5.88 Å². The Morgan fingerprint density at radius 3 is 3.07 bits per heavy atom. The smallest absolute Gasteiger partial charge is 0.116 e. The molecule has 2 aromatic rings. The van der Waals surface area contributed by atoms with E-state index in [1.807, 2.05) is 12.3 Å². The van der Waals surface area contributed by atoms with Gasteiger partial charge in [-0.2, -0.15) is 5.26 Å². The normalized spacial score (nSPS) is 12.6. The minimum Gasteiger partial charge on any atom is -0.238 e. The minimum absolute atomic E-state index is 0.263. The molecule has 0 aliphatic heterocycles. The first-order valence-electron chi connectivity index (χ1n) is 4.42. The highest BCUT2D eigenvalue weighted by Gasteiger charge is 2.16. The van der Waals surface area contributed by atoms with Crippen molar-refractivity contribution < 1.29 is 0 Å². The van der Waals surface area contributed by atoms with Crippen LogP contribution in [-0.4, -0.2) is 15.8 Å². The standard InChI is InChI=1S/C10H8ClN3S/c1-6-4-15-10-8(6)13-5-14-9(10)7(2-11)3-12/h4-5,7H,2H2,1H3. The zero-order valence-electron chi connectivity index (χ0n) is 8.07. The van der Waals surface area contributed by atoms with E-state index >= 15 is 0 Å². The number of hydrogen-bond donors (Lipinski definition) is 0. The molecule has 0 saturated carbocycles. The van der Waals surface area contributed by atoms with Crippen molar-refractivity contribution in [2.24, 2.45) is 0 Å². The summed E-state index contributed by atoms with van der Waals surface area (Å²) in [6.07, 6.45) is 1.49. The van der Waals surface area contributed by atoms with Crippen LogP contribution in [0, 0.1) is 18.3 Å². The molecule has 0 radical (unpaired) electrons. The molecule has 0 N–H and O–H groups in total. The van der Waals surface area contributed by atoms with Gasteiger partial charge in [0.1, 0.15) is 12.2 Å². The van der Waals surface area contributed by atoms with Gasteiger partial charge in [0.15, 0.2) is 0 Å². The molecule has 0 fully saturated rings. The van der Waals surface area contributed by atoms with Gasteiger partial charge < -0.3 is 0 Å². The quantitative estimate of drug-likeness (QED) is 0.755. The SMILES string of the molecule is Cc1csc2c(C(C#N)CCl)ncnc12. The molecule has 0 aliphatic carbocycles. The summed E-state index contributed by atoms with van der Waals surface area (Å²) in [4.78, 5) is 8.35. The Kier molecular flexibility index (Phi) is 2.85. The molecule has 2 heterocycles. The Labute approximate surface area is 96.3 Å². The molecular formula is C10H8ClN3S. The maximum absolute atomic E-state index is 8.96. The Morgan fingerprint density at radius 2 is 2.40 bits per heavy atom. The Morgan fingerprint density at radius 1 is 1.60 bits per heavy atom. The fourth-order valence-electron chi connectivity index (χ4n) is 1.40. The topological polar surface area (TPSA) is 49.6 Å². The predicted octanol–water partition coefficient (Wildman–Crippen LogP) is 2.85. The van der Waals surface area contributed by atoms with E-state index in [2.05, 4.69) is 16.0 Å². The van der Waals surface area contributed by atoms with Crippen LogP contribution in [0.15, 0.2) is 11.7 Å². The number of nitriles is 1. The fraction of sp³-hybridized carbons (Fsp3) is 0.300. The first kappa shape index (κ1) is 10.3. The highest BCUT2D eigenvalue weighted by molar-refractivity contribution is 7.17. The lowest BCUT2D eigenvalue weighted by atomic mass is 10.1. The molecule has 5 heteroatoms. The van der Waals surface area contributed by atoms with E-state index in [4.69, 9.17) is 16.9 Å². The summed E-state index contributed by atoms with van der Waals surface area (Å²) in [6, 6.07) is 2.15. The van der Waals surface area contributed by atoms with Crippen molar-refractivity contribution in [3.05, 3.63) is 23.0 Å². The molecule has 0 aromatic carbocycles. The van der Waals surface area contributed by atoms with E-state index in [1.54, 1.807) is 11.3 Å². The number of fused-ring (bicyclic) bond motifs is 1. The number of rotatable bonds is 2. The summed E-state index contributed by atoms with van der Waals surface area (Å²) in [6.45, 7) is 2.00. The van der Waals surface area contributed by atoms with Crippen LogP contribution in [0.3, 0.4) is 0 Å². The molecule has 3 nitrogen and oxygen atoms in total. The number of hydrogen-bond acceptors (Lipinski definition) is 4. The van der Waals surface area contributed by atoms with E-state index in [9.17, 15) is 0 Å². The van der Waals surface area contributed by atoms with E-state index < -0.39 is 0 Å². The average molecular weight is 238 g/mol. The van der Waals surface area contributed by atoms with Gasteiger partial charge in [-0.3, -0.25) is 0 Å². The molecule has 0 amide bonds. The molecule has 15 heavy (non-hydrogen) atoms. The number of halogens is 1. The van der Waals surface area contributed by atoms with Gasteiger partial charge in [0.2, 0.25) is 0 Å². The van der Waals surface area contributed by atoms with Gasteiger partial charge in [0.25, 0.3) is 0 Å². The van der Waals surface area contributed by atoms with Crippen molar-refractivity contribution >= 4 is 33.2 Å². The first-order valence-corrected chi connectivity index (χ1v) is 5.83.